The average molecular weight is 473 g/mol. The van der Waals surface area contributed by atoms with Crippen LogP contribution in [0.4, 0.5) is 11.4 Å². The van der Waals surface area contributed by atoms with Crippen molar-refractivity contribution in [3.8, 4) is 5.75 Å². The highest BCUT2D eigenvalue weighted by Crippen LogP contribution is 2.29. The minimum absolute atomic E-state index is 0.105. The van der Waals surface area contributed by atoms with Gasteiger partial charge in [0.05, 0.1) is 7.11 Å². The summed E-state index contributed by atoms with van der Waals surface area (Å²) in [6.45, 7) is 1.80. The van der Waals surface area contributed by atoms with E-state index in [0.717, 1.165) is 5.69 Å². The summed E-state index contributed by atoms with van der Waals surface area (Å²) in [5, 5.41) is 7.22. The molecule has 0 bridgehead atoms. The Kier molecular flexibility index (Phi) is 5.68. The predicted molar refractivity (Wildman–Crippen MR) is 119 cm³/mol. The van der Waals surface area contributed by atoms with E-state index in [4.69, 9.17) is 16.3 Å². The van der Waals surface area contributed by atoms with Crippen molar-refractivity contribution in [1.29, 1.82) is 0 Å². The van der Waals surface area contributed by atoms with Crippen LogP contribution < -0.4 is 14.8 Å². The highest BCUT2D eigenvalue weighted by molar-refractivity contribution is 7.92. The number of ether oxygens (including phenoxy) is 1. The van der Waals surface area contributed by atoms with Crippen LogP contribution in [-0.2, 0) is 10.0 Å². The number of nitrogens with one attached hydrogen (secondary N) is 2. The first-order valence-electron chi connectivity index (χ1n) is 9.23. The molecule has 0 saturated heterocycles. The van der Waals surface area contributed by atoms with Crippen LogP contribution in [0.1, 0.15) is 16.3 Å². The van der Waals surface area contributed by atoms with E-state index in [1.807, 2.05) is 0 Å². The lowest BCUT2D eigenvalue weighted by Gasteiger charge is -2.13. The Hall–Kier alpha value is -3.70. The zero-order valence-electron chi connectivity index (χ0n) is 16.9. The molecule has 2 N–H and O–H groups in total. The number of hydrogen-bond acceptors (Lipinski definition) is 7. The van der Waals surface area contributed by atoms with Gasteiger partial charge >= 0.3 is 0 Å². The summed E-state index contributed by atoms with van der Waals surface area (Å²) in [7, 11) is -2.68. The zero-order chi connectivity index (χ0) is 22.9. The summed E-state index contributed by atoms with van der Waals surface area (Å²) in [5.74, 6) is -0.337. The van der Waals surface area contributed by atoms with Gasteiger partial charge < -0.3 is 10.1 Å². The molecule has 0 radical (unpaired) electrons. The van der Waals surface area contributed by atoms with Crippen LogP contribution in [0.25, 0.3) is 5.78 Å². The fourth-order valence-corrected chi connectivity index (χ4v) is 4.26. The first-order valence-corrected chi connectivity index (χ1v) is 11.1. The molecule has 0 atom stereocenters. The number of amides is 1. The van der Waals surface area contributed by atoms with Gasteiger partial charge in [-0.1, -0.05) is 11.6 Å². The van der Waals surface area contributed by atoms with Crippen LogP contribution in [0.3, 0.4) is 0 Å². The Labute approximate surface area is 188 Å². The highest BCUT2D eigenvalue weighted by Gasteiger charge is 2.22. The SMILES string of the molecule is COc1ccc(NC(=O)c2nc3nccc(C)n3n2)cc1S(=O)(=O)Nc1ccc(Cl)cc1. The maximum absolute atomic E-state index is 13.0. The molecule has 4 aromatic rings. The molecule has 0 unspecified atom stereocenters. The number of nitrogens with zero attached hydrogens (tertiary/aromatic N) is 4. The van der Waals surface area contributed by atoms with Gasteiger partial charge in [-0.15, -0.1) is 5.10 Å². The molecule has 2 heterocycles. The van der Waals surface area contributed by atoms with Gasteiger partial charge in [0.25, 0.3) is 21.7 Å². The number of aromatic nitrogens is 4. The van der Waals surface area contributed by atoms with Gasteiger partial charge in [0, 0.05) is 28.3 Å². The number of sulfonamides is 1. The minimum Gasteiger partial charge on any atom is -0.495 e. The van der Waals surface area contributed by atoms with E-state index in [1.165, 1.54) is 42.0 Å². The molecule has 0 fully saturated rings. The molecule has 32 heavy (non-hydrogen) atoms. The molecule has 1 amide bonds. The second-order valence-electron chi connectivity index (χ2n) is 6.67. The van der Waals surface area contributed by atoms with Crippen molar-refractivity contribution in [2.75, 3.05) is 17.1 Å². The van der Waals surface area contributed by atoms with Crippen LogP contribution in [-0.4, -0.2) is 41.0 Å². The third-order valence-electron chi connectivity index (χ3n) is 4.44. The molecule has 10 nitrogen and oxygen atoms in total. The summed E-state index contributed by atoms with van der Waals surface area (Å²) >= 11 is 5.85. The summed E-state index contributed by atoms with van der Waals surface area (Å²) in [6, 6.07) is 12.2. The van der Waals surface area contributed by atoms with Gasteiger partial charge in [0.1, 0.15) is 10.6 Å². The van der Waals surface area contributed by atoms with Gasteiger partial charge in [-0.3, -0.25) is 9.52 Å². The van der Waals surface area contributed by atoms with Crippen molar-refractivity contribution in [2.24, 2.45) is 0 Å². The molecule has 0 aliphatic heterocycles. The number of anilines is 2. The molecular formula is C20H17ClN6O4S. The van der Waals surface area contributed by atoms with E-state index >= 15 is 0 Å². The Morgan fingerprint density at radius 1 is 1.09 bits per heavy atom. The van der Waals surface area contributed by atoms with E-state index in [2.05, 4.69) is 25.1 Å². The molecule has 0 spiro atoms. The first kappa shape index (κ1) is 21.5. The molecule has 0 aliphatic rings. The highest BCUT2D eigenvalue weighted by atomic mass is 35.5. The molecule has 0 saturated carbocycles. The molecule has 4 rings (SSSR count). The lowest BCUT2D eigenvalue weighted by Crippen LogP contribution is -2.17. The number of carbonyl (C=O) groups is 1. The number of rotatable bonds is 6. The van der Waals surface area contributed by atoms with Crippen LogP contribution in [0, 0.1) is 6.92 Å². The summed E-state index contributed by atoms with van der Waals surface area (Å²) in [5.41, 5.74) is 1.30. The van der Waals surface area contributed by atoms with Gasteiger partial charge in [-0.05, 0) is 55.5 Å². The van der Waals surface area contributed by atoms with Crippen LogP contribution >= 0.6 is 11.6 Å². The normalized spacial score (nSPS) is 11.3. The number of hydrogen-bond donors (Lipinski definition) is 2. The van der Waals surface area contributed by atoms with E-state index in [-0.39, 0.29) is 27.9 Å². The maximum Gasteiger partial charge on any atom is 0.295 e. The van der Waals surface area contributed by atoms with Gasteiger partial charge in [0.15, 0.2) is 0 Å². The Morgan fingerprint density at radius 3 is 2.50 bits per heavy atom. The second kappa shape index (κ2) is 8.44. The van der Waals surface area contributed by atoms with Crippen molar-refractivity contribution in [2.45, 2.75) is 11.8 Å². The van der Waals surface area contributed by atoms with Crippen molar-refractivity contribution in [1.82, 2.24) is 19.6 Å². The predicted octanol–water partition coefficient (Wildman–Crippen LogP) is 3.15. The summed E-state index contributed by atoms with van der Waals surface area (Å²) in [6.07, 6.45) is 1.56. The van der Waals surface area contributed by atoms with E-state index in [9.17, 15) is 13.2 Å². The molecule has 164 valence electrons. The third-order valence-corrected chi connectivity index (χ3v) is 6.09. The van der Waals surface area contributed by atoms with E-state index in [1.54, 1.807) is 31.3 Å². The lowest BCUT2D eigenvalue weighted by molar-refractivity contribution is 0.101. The number of aryl methyl sites for hydroxylation is 1. The fourth-order valence-electron chi connectivity index (χ4n) is 2.88. The van der Waals surface area contributed by atoms with Crippen molar-refractivity contribution >= 4 is 44.7 Å². The minimum atomic E-state index is -4.03. The lowest BCUT2D eigenvalue weighted by atomic mass is 10.3. The molecule has 2 aromatic carbocycles. The standard InChI is InChI=1S/C20H17ClN6O4S/c1-12-9-10-22-20-24-18(25-27(12)20)19(28)23-15-7-8-16(31-2)17(11-15)32(29,30)26-14-5-3-13(21)4-6-14/h3-11,26H,1-2H3,(H,23,28). The van der Waals surface area contributed by atoms with Crippen molar-refractivity contribution in [3.63, 3.8) is 0 Å². The number of methoxy groups -OCH3 is 1. The Bertz CT molecular complexity index is 1420. The van der Waals surface area contributed by atoms with Gasteiger partial charge in [-0.2, -0.15) is 4.98 Å². The Morgan fingerprint density at radius 2 is 1.81 bits per heavy atom. The monoisotopic (exact) mass is 472 g/mol. The summed E-state index contributed by atoms with van der Waals surface area (Å²) < 4.78 is 35.0. The molecular weight excluding hydrogens is 456 g/mol. The third kappa shape index (κ3) is 4.34. The fraction of sp³-hybridized carbons (Fsp3) is 0.100. The summed E-state index contributed by atoms with van der Waals surface area (Å²) in [4.78, 5) is 20.7. The molecule has 12 heteroatoms. The van der Waals surface area contributed by atoms with Crippen LogP contribution in [0.15, 0.2) is 59.6 Å². The smallest absolute Gasteiger partial charge is 0.295 e. The van der Waals surface area contributed by atoms with E-state index < -0.39 is 15.9 Å². The largest absolute Gasteiger partial charge is 0.495 e. The number of fused-ring (bicyclic) bond motifs is 1. The van der Waals surface area contributed by atoms with Crippen LogP contribution in [0.5, 0.6) is 5.75 Å². The van der Waals surface area contributed by atoms with E-state index in [0.29, 0.717) is 10.7 Å². The first-order chi connectivity index (χ1) is 15.3. The number of halogens is 1. The maximum atomic E-state index is 13.0. The van der Waals surface area contributed by atoms with Crippen LogP contribution in [0.2, 0.25) is 5.02 Å². The average Bonchev–Trinajstić information content (AvgIpc) is 3.21. The Balaban J connectivity index is 1.62. The number of carbonyl (C=O) groups excluding carboxylic acids is 1. The molecule has 0 aliphatic carbocycles. The second-order valence-corrected chi connectivity index (χ2v) is 8.75. The van der Waals surface area contributed by atoms with Crippen molar-refractivity contribution in [3.05, 3.63) is 71.3 Å². The van der Waals surface area contributed by atoms with Gasteiger partial charge in [0.2, 0.25) is 5.82 Å². The molecule has 2 aromatic heterocycles. The zero-order valence-corrected chi connectivity index (χ0v) is 18.5. The van der Waals surface area contributed by atoms with Gasteiger partial charge in [-0.25, -0.2) is 17.9 Å². The topological polar surface area (TPSA) is 128 Å². The number of benzene rings is 2. The van der Waals surface area contributed by atoms with Crippen molar-refractivity contribution < 1.29 is 17.9 Å². The quantitative estimate of drug-likeness (QED) is 0.441.